The van der Waals surface area contributed by atoms with Crippen LogP contribution in [0.2, 0.25) is 0 Å². The fourth-order valence-corrected chi connectivity index (χ4v) is 2.71. The van der Waals surface area contributed by atoms with Crippen LogP contribution in [0.25, 0.3) is 0 Å². The third-order valence-corrected chi connectivity index (χ3v) is 3.77. The molecule has 0 bridgehead atoms. The maximum Gasteiger partial charge on any atom is 0.227 e. The average Bonchev–Trinajstić information content (AvgIpc) is 3.05. The van der Waals surface area contributed by atoms with E-state index in [-0.39, 0.29) is 6.17 Å². The van der Waals surface area contributed by atoms with E-state index < -0.39 is 0 Å². The lowest BCUT2D eigenvalue weighted by atomic mass is 10.1. The Kier molecular flexibility index (Phi) is 3.02. The van der Waals surface area contributed by atoms with Gasteiger partial charge in [-0.1, -0.05) is 48.5 Å². The van der Waals surface area contributed by atoms with Crippen LogP contribution in [-0.2, 0) is 0 Å². The van der Waals surface area contributed by atoms with Gasteiger partial charge in [-0.05, 0) is 18.2 Å². The van der Waals surface area contributed by atoms with E-state index in [1.807, 2.05) is 71.6 Å². The zero-order valence-electron chi connectivity index (χ0n) is 11.9. The highest BCUT2D eigenvalue weighted by Crippen LogP contribution is 2.37. The van der Waals surface area contributed by atoms with E-state index >= 15 is 0 Å². The summed E-state index contributed by atoms with van der Waals surface area (Å²) in [6.07, 6.45) is 1.30. The number of benzene rings is 2. The van der Waals surface area contributed by atoms with Gasteiger partial charge in [0.15, 0.2) is 0 Å². The number of para-hydroxylation sites is 1. The predicted octanol–water partition coefficient (Wildman–Crippen LogP) is 3.84. The fraction of sp³-hybridized carbons (Fsp3) is 0.0556. The number of amidine groups is 1. The molecule has 0 aliphatic carbocycles. The summed E-state index contributed by atoms with van der Waals surface area (Å²) in [6, 6.07) is 21.9. The number of furan rings is 1. The van der Waals surface area contributed by atoms with Crippen LogP contribution < -0.4 is 10.6 Å². The Labute approximate surface area is 128 Å². The molecular weight excluding hydrogens is 274 g/mol. The Bertz CT molecular complexity index is 809. The molecule has 4 rings (SSSR count). The van der Waals surface area contributed by atoms with Gasteiger partial charge in [0.1, 0.15) is 12.0 Å². The molecular formula is C18H15N3O. The van der Waals surface area contributed by atoms with Crippen molar-refractivity contribution in [3.63, 3.8) is 0 Å². The van der Waals surface area contributed by atoms with Crippen LogP contribution in [0.4, 0.5) is 11.6 Å². The highest BCUT2D eigenvalue weighted by molar-refractivity contribution is 6.12. The molecule has 1 atom stereocenters. The molecule has 0 saturated heterocycles. The van der Waals surface area contributed by atoms with Crippen LogP contribution >= 0.6 is 0 Å². The van der Waals surface area contributed by atoms with Crippen molar-refractivity contribution in [1.29, 1.82) is 0 Å². The Morgan fingerprint density at radius 2 is 1.59 bits per heavy atom. The molecule has 1 aliphatic heterocycles. The molecule has 0 amide bonds. The van der Waals surface area contributed by atoms with Gasteiger partial charge < -0.3 is 15.1 Å². The van der Waals surface area contributed by atoms with E-state index in [9.17, 15) is 0 Å². The Hall–Kier alpha value is -2.85. The zero-order valence-corrected chi connectivity index (χ0v) is 11.9. The van der Waals surface area contributed by atoms with Crippen molar-refractivity contribution in [2.24, 2.45) is 10.7 Å². The molecule has 1 unspecified atom stereocenters. The van der Waals surface area contributed by atoms with Gasteiger partial charge in [-0.15, -0.1) is 0 Å². The Morgan fingerprint density at radius 3 is 2.32 bits per heavy atom. The quantitative estimate of drug-likeness (QED) is 0.780. The lowest BCUT2D eigenvalue weighted by molar-refractivity contribution is 0.565. The standard InChI is InChI=1S/C18H15N3O/c19-16-15-11-12-22-18(15)20-17(13-7-3-1-4-8-13)21(16)14-9-5-2-6-10-14/h1-12,16H,19H2. The van der Waals surface area contributed by atoms with Gasteiger partial charge in [0.05, 0.1) is 11.8 Å². The number of aliphatic imine (C=N–C) groups is 1. The first kappa shape index (κ1) is 12.9. The normalized spacial score (nSPS) is 17.0. The topological polar surface area (TPSA) is 54.8 Å². The Balaban J connectivity index is 1.91. The van der Waals surface area contributed by atoms with E-state index in [1.165, 1.54) is 0 Å². The Morgan fingerprint density at radius 1 is 0.909 bits per heavy atom. The second-order valence-corrected chi connectivity index (χ2v) is 5.13. The molecule has 1 aliphatic rings. The van der Waals surface area contributed by atoms with Gasteiger partial charge in [0.25, 0.3) is 0 Å². The number of fused-ring (bicyclic) bond motifs is 1. The minimum atomic E-state index is -0.330. The molecule has 2 N–H and O–H groups in total. The molecule has 0 radical (unpaired) electrons. The molecule has 2 aromatic carbocycles. The van der Waals surface area contributed by atoms with Crippen LogP contribution in [0.5, 0.6) is 0 Å². The number of nitrogens with two attached hydrogens (primary N) is 1. The van der Waals surface area contributed by atoms with Crippen molar-refractivity contribution >= 4 is 17.4 Å². The smallest absolute Gasteiger partial charge is 0.227 e. The second-order valence-electron chi connectivity index (χ2n) is 5.13. The molecule has 3 aromatic rings. The van der Waals surface area contributed by atoms with Crippen molar-refractivity contribution in [1.82, 2.24) is 0 Å². The summed E-state index contributed by atoms with van der Waals surface area (Å²) in [4.78, 5) is 6.71. The van der Waals surface area contributed by atoms with E-state index in [0.717, 1.165) is 22.6 Å². The molecule has 4 heteroatoms. The minimum Gasteiger partial charge on any atom is -0.446 e. The van der Waals surface area contributed by atoms with Gasteiger partial charge in [-0.3, -0.25) is 0 Å². The molecule has 1 aromatic heterocycles. The van der Waals surface area contributed by atoms with Crippen LogP contribution in [0.1, 0.15) is 17.3 Å². The summed E-state index contributed by atoms with van der Waals surface area (Å²) in [5.74, 6) is 1.38. The first-order valence-electron chi connectivity index (χ1n) is 7.16. The first-order chi connectivity index (χ1) is 10.8. The second kappa shape index (κ2) is 5.16. The van der Waals surface area contributed by atoms with Crippen molar-refractivity contribution in [2.45, 2.75) is 6.17 Å². The van der Waals surface area contributed by atoms with E-state index in [2.05, 4.69) is 4.99 Å². The van der Waals surface area contributed by atoms with E-state index in [1.54, 1.807) is 6.26 Å². The summed E-state index contributed by atoms with van der Waals surface area (Å²) in [5.41, 5.74) is 9.38. The maximum atomic E-state index is 6.48. The number of anilines is 1. The molecule has 0 spiro atoms. The van der Waals surface area contributed by atoms with Crippen molar-refractivity contribution in [2.75, 3.05) is 4.90 Å². The molecule has 4 nitrogen and oxygen atoms in total. The number of hydrogen-bond donors (Lipinski definition) is 1. The minimum absolute atomic E-state index is 0.330. The third kappa shape index (κ3) is 2.01. The van der Waals surface area contributed by atoms with Crippen molar-refractivity contribution < 1.29 is 4.42 Å². The van der Waals surface area contributed by atoms with Crippen molar-refractivity contribution in [3.05, 3.63) is 84.1 Å². The summed E-state index contributed by atoms with van der Waals surface area (Å²) >= 11 is 0. The van der Waals surface area contributed by atoms with Crippen LogP contribution in [0.3, 0.4) is 0 Å². The van der Waals surface area contributed by atoms with Gasteiger partial charge >= 0.3 is 0 Å². The van der Waals surface area contributed by atoms with Gasteiger partial charge in [0, 0.05) is 11.3 Å². The monoisotopic (exact) mass is 289 g/mol. The molecule has 22 heavy (non-hydrogen) atoms. The summed E-state index contributed by atoms with van der Waals surface area (Å²) in [5, 5.41) is 0. The summed E-state index contributed by atoms with van der Waals surface area (Å²) in [6.45, 7) is 0. The molecule has 0 fully saturated rings. The van der Waals surface area contributed by atoms with Crippen LogP contribution in [0, 0.1) is 0 Å². The van der Waals surface area contributed by atoms with Gasteiger partial charge in [0.2, 0.25) is 5.88 Å². The highest BCUT2D eigenvalue weighted by Gasteiger charge is 2.31. The SMILES string of the molecule is NC1c2ccoc2N=C(c2ccccc2)N1c1ccccc1. The largest absolute Gasteiger partial charge is 0.446 e. The maximum absolute atomic E-state index is 6.48. The fourth-order valence-electron chi connectivity index (χ4n) is 2.71. The molecule has 108 valence electrons. The lowest BCUT2D eigenvalue weighted by Gasteiger charge is -2.34. The predicted molar refractivity (Wildman–Crippen MR) is 87.2 cm³/mol. The zero-order chi connectivity index (χ0) is 14.9. The van der Waals surface area contributed by atoms with Crippen LogP contribution in [0.15, 0.2) is 82.4 Å². The average molecular weight is 289 g/mol. The lowest BCUT2D eigenvalue weighted by Crippen LogP contribution is -2.41. The summed E-state index contributed by atoms with van der Waals surface area (Å²) in [7, 11) is 0. The number of hydrogen-bond acceptors (Lipinski definition) is 4. The summed E-state index contributed by atoms with van der Waals surface area (Å²) < 4.78 is 5.47. The highest BCUT2D eigenvalue weighted by atomic mass is 16.3. The third-order valence-electron chi connectivity index (χ3n) is 3.77. The number of nitrogens with zero attached hydrogens (tertiary/aromatic N) is 2. The van der Waals surface area contributed by atoms with E-state index in [4.69, 9.17) is 10.2 Å². The number of rotatable bonds is 2. The molecule has 2 heterocycles. The van der Waals surface area contributed by atoms with Crippen molar-refractivity contribution in [3.8, 4) is 0 Å². The first-order valence-corrected chi connectivity index (χ1v) is 7.16. The van der Waals surface area contributed by atoms with Gasteiger partial charge in [-0.2, -0.15) is 4.99 Å². The van der Waals surface area contributed by atoms with E-state index in [0.29, 0.717) is 5.88 Å². The van der Waals surface area contributed by atoms with Crippen LogP contribution in [-0.4, -0.2) is 5.84 Å². The van der Waals surface area contributed by atoms with Gasteiger partial charge in [-0.25, -0.2) is 0 Å². The molecule has 0 saturated carbocycles.